The van der Waals surface area contributed by atoms with Gasteiger partial charge in [0.15, 0.2) is 0 Å². The quantitative estimate of drug-likeness (QED) is 0.847. The van der Waals surface area contributed by atoms with Gasteiger partial charge in [-0.3, -0.25) is 0 Å². The molecular weight excluding hydrogens is 198 g/mol. The summed E-state index contributed by atoms with van der Waals surface area (Å²) in [6.07, 6.45) is 9.42. The maximum absolute atomic E-state index is 4.42. The molecule has 2 atom stereocenters. The van der Waals surface area contributed by atoms with E-state index >= 15 is 0 Å². The fourth-order valence-corrected chi connectivity index (χ4v) is 2.66. The Kier molecular flexibility index (Phi) is 3.52. The van der Waals surface area contributed by atoms with E-state index in [9.17, 15) is 0 Å². The molecule has 90 valence electrons. The first-order valence-corrected chi connectivity index (χ1v) is 6.48. The van der Waals surface area contributed by atoms with Crippen molar-refractivity contribution in [2.24, 2.45) is 5.92 Å². The second kappa shape index (κ2) is 4.89. The zero-order valence-corrected chi connectivity index (χ0v) is 10.6. The van der Waals surface area contributed by atoms with E-state index < -0.39 is 0 Å². The Labute approximate surface area is 98.3 Å². The van der Waals surface area contributed by atoms with Crippen LogP contribution in [0.15, 0.2) is 12.4 Å². The van der Waals surface area contributed by atoms with Gasteiger partial charge in [0.25, 0.3) is 0 Å². The molecule has 3 heteroatoms. The van der Waals surface area contributed by atoms with Gasteiger partial charge in [0.05, 0.1) is 0 Å². The van der Waals surface area contributed by atoms with Crippen LogP contribution in [0, 0.1) is 5.92 Å². The van der Waals surface area contributed by atoms with Crippen LogP contribution in [-0.4, -0.2) is 15.6 Å². The van der Waals surface area contributed by atoms with Gasteiger partial charge in [0.2, 0.25) is 5.95 Å². The van der Waals surface area contributed by atoms with E-state index in [1.165, 1.54) is 25.7 Å². The van der Waals surface area contributed by atoms with Gasteiger partial charge in [-0.05, 0) is 32.6 Å². The molecule has 0 radical (unpaired) electrons. The smallest absolute Gasteiger partial charge is 0.203 e. The third-order valence-electron chi connectivity index (χ3n) is 3.51. The fourth-order valence-electron chi connectivity index (χ4n) is 2.66. The first kappa shape index (κ1) is 11.5. The summed E-state index contributed by atoms with van der Waals surface area (Å²) in [7, 11) is 0. The Morgan fingerprint density at radius 2 is 2.12 bits per heavy atom. The Balaban J connectivity index is 2.15. The van der Waals surface area contributed by atoms with Gasteiger partial charge in [-0.25, -0.2) is 4.98 Å². The zero-order chi connectivity index (χ0) is 11.5. The molecule has 2 unspecified atom stereocenters. The first-order valence-electron chi connectivity index (χ1n) is 6.48. The van der Waals surface area contributed by atoms with Crippen molar-refractivity contribution >= 4 is 5.95 Å². The lowest BCUT2D eigenvalue weighted by atomic mass is 9.86. The number of imidazole rings is 1. The fraction of sp³-hybridized carbons (Fsp3) is 0.769. The number of hydrogen-bond donors (Lipinski definition) is 1. The molecule has 1 aromatic rings. The summed E-state index contributed by atoms with van der Waals surface area (Å²) in [6.45, 7) is 6.68. The zero-order valence-electron chi connectivity index (χ0n) is 10.6. The molecule has 1 aliphatic carbocycles. The maximum Gasteiger partial charge on any atom is 0.203 e. The van der Waals surface area contributed by atoms with Crippen LogP contribution >= 0.6 is 0 Å². The van der Waals surface area contributed by atoms with E-state index in [1.807, 2.05) is 6.20 Å². The molecule has 2 rings (SSSR count). The molecule has 0 spiro atoms. The van der Waals surface area contributed by atoms with E-state index in [4.69, 9.17) is 0 Å². The molecule has 0 bridgehead atoms. The van der Waals surface area contributed by atoms with Crippen molar-refractivity contribution in [1.82, 2.24) is 9.55 Å². The Hall–Kier alpha value is -0.990. The number of nitrogens with zero attached hydrogens (tertiary/aromatic N) is 2. The minimum absolute atomic E-state index is 0.444. The standard InChI is InChI=1S/C13H23N3/c1-10(2)15-13-14-8-9-16(13)12-7-5-4-6-11(12)3/h8-12H,4-7H2,1-3H3,(H,14,15). The van der Waals surface area contributed by atoms with Gasteiger partial charge in [-0.15, -0.1) is 0 Å². The third-order valence-corrected chi connectivity index (χ3v) is 3.51. The number of nitrogens with one attached hydrogen (secondary N) is 1. The van der Waals surface area contributed by atoms with Crippen molar-refractivity contribution in [1.29, 1.82) is 0 Å². The van der Waals surface area contributed by atoms with Gasteiger partial charge in [0.1, 0.15) is 0 Å². The van der Waals surface area contributed by atoms with E-state index in [-0.39, 0.29) is 0 Å². The predicted octanol–water partition coefficient (Wildman–Crippen LogP) is 3.45. The third kappa shape index (κ3) is 2.39. The van der Waals surface area contributed by atoms with E-state index in [2.05, 4.69) is 41.8 Å². The molecule has 1 fully saturated rings. The predicted molar refractivity (Wildman–Crippen MR) is 67.7 cm³/mol. The number of aromatic nitrogens is 2. The van der Waals surface area contributed by atoms with Gasteiger partial charge in [0, 0.05) is 24.5 Å². The van der Waals surface area contributed by atoms with Crippen LogP contribution in [0.2, 0.25) is 0 Å². The summed E-state index contributed by atoms with van der Waals surface area (Å²) in [5, 5.41) is 3.42. The molecule has 1 heterocycles. The summed E-state index contributed by atoms with van der Waals surface area (Å²) in [6, 6.07) is 1.08. The van der Waals surface area contributed by atoms with Gasteiger partial charge < -0.3 is 9.88 Å². The lowest BCUT2D eigenvalue weighted by Crippen LogP contribution is -2.23. The minimum atomic E-state index is 0.444. The highest BCUT2D eigenvalue weighted by Gasteiger charge is 2.24. The van der Waals surface area contributed by atoms with Crippen LogP contribution in [0.1, 0.15) is 52.5 Å². The molecule has 1 N–H and O–H groups in total. The summed E-state index contributed by atoms with van der Waals surface area (Å²) >= 11 is 0. The Bertz CT molecular complexity index is 330. The summed E-state index contributed by atoms with van der Waals surface area (Å²) in [4.78, 5) is 4.42. The summed E-state index contributed by atoms with van der Waals surface area (Å²) in [5.41, 5.74) is 0. The van der Waals surface area contributed by atoms with Crippen molar-refractivity contribution < 1.29 is 0 Å². The summed E-state index contributed by atoms with van der Waals surface area (Å²) in [5.74, 6) is 1.81. The Morgan fingerprint density at radius 1 is 1.38 bits per heavy atom. The van der Waals surface area contributed by atoms with Crippen molar-refractivity contribution in [3.63, 3.8) is 0 Å². The SMILES string of the molecule is CC(C)Nc1nccn1C1CCCCC1C. The lowest BCUT2D eigenvalue weighted by molar-refractivity contribution is 0.259. The van der Waals surface area contributed by atoms with Crippen LogP contribution in [0.5, 0.6) is 0 Å². The largest absolute Gasteiger partial charge is 0.353 e. The summed E-state index contributed by atoms with van der Waals surface area (Å²) < 4.78 is 2.34. The molecular formula is C13H23N3. The molecule has 0 amide bonds. The van der Waals surface area contributed by atoms with Crippen molar-refractivity contribution in [3.8, 4) is 0 Å². The monoisotopic (exact) mass is 221 g/mol. The van der Waals surface area contributed by atoms with Gasteiger partial charge in [-0.2, -0.15) is 0 Å². The van der Waals surface area contributed by atoms with E-state index in [1.54, 1.807) is 0 Å². The lowest BCUT2D eigenvalue weighted by Gasteiger charge is -2.31. The molecule has 3 nitrogen and oxygen atoms in total. The van der Waals surface area contributed by atoms with E-state index in [0.717, 1.165) is 11.9 Å². The highest BCUT2D eigenvalue weighted by atomic mass is 15.2. The van der Waals surface area contributed by atoms with Crippen molar-refractivity contribution in [2.75, 3.05) is 5.32 Å². The van der Waals surface area contributed by atoms with Crippen molar-refractivity contribution in [2.45, 2.75) is 58.5 Å². The number of anilines is 1. The highest BCUT2D eigenvalue weighted by Crippen LogP contribution is 2.35. The normalized spacial score (nSPS) is 26.0. The molecule has 0 aromatic carbocycles. The van der Waals surface area contributed by atoms with Gasteiger partial charge >= 0.3 is 0 Å². The number of rotatable bonds is 3. The minimum Gasteiger partial charge on any atom is -0.353 e. The Morgan fingerprint density at radius 3 is 2.81 bits per heavy atom. The van der Waals surface area contributed by atoms with E-state index in [0.29, 0.717) is 12.1 Å². The second-order valence-electron chi connectivity index (χ2n) is 5.29. The van der Waals surface area contributed by atoms with Crippen LogP contribution < -0.4 is 5.32 Å². The molecule has 16 heavy (non-hydrogen) atoms. The highest BCUT2D eigenvalue weighted by molar-refractivity contribution is 5.28. The van der Waals surface area contributed by atoms with Crippen molar-refractivity contribution in [3.05, 3.63) is 12.4 Å². The second-order valence-corrected chi connectivity index (χ2v) is 5.29. The molecule has 0 aliphatic heterocycles. The molecule has 1 aromatic heterocycles. The molecule has 1 aliphatic rings. The average molecular weight is 221 g/mol. The topological polar surface area (TPSA) is 29.9 Å². The first-order chi connectivity index (χ1) is 7.68. The van der Waals surface area contributed by atoms with Gasteiger partial charge in [-0.1, -0.05) is 19.8 Å². The van der Waals surface area contributed by atoms with Crippen LogP contribution in [0.4, 0.5) is 5.95 Å². The van der Waals surface area contributed by atoms with Crippen LogP contribution in [0.25, 0.3) is 0 Å². The molecule has 1 saturated carbocycles. The maximum atomic E-state index is 4.42. The number of hydrogen-bond acceptors (Lipinski definition) is 2. The van der Waals surface area contributed by atoms with Crippen LogP contribution in [-0.2, 0) is 0 Å². The average Bonchev–Trinajstić information content (AvgIpc) is 2.66. The molecule has 0 saturated heterocycles. The van der Waals surface area contributed by atoms with Crippen LogP contribution in [0.3, 0.4) is 0 Å².